The van der Waals surface area contributed by atoms with Crippen molar-refractivity contribution in [3.05, 3.63) is 29.3 Å². The van der Waals surface area contributed by atoms with Crippen LogP contribution in [-0.2, 0) is 4.74 Å². The molecule has 0 unspecified atom stereocenters. The van der Waals surface area contributed by atoms with Crippen molar-refractivity contribution in [1.82, 2.24) is 5.32 Å². The fraction of sp³-hybridized carbons (Fsp3) is 0.400. The summed E-state index contributed by atoms with van der Waals surface area (Å²) in [6.07, 6.45) is -0.605. The summed E-state index contributed by atoms with van der Waals surface area (Å²) in [5.41, 5.74) is -1.00. The minimum Gasteiger partial charge on any atom is -0.492 e. The molecule has 3 N–H and O–H groups in total. The monoisotopic (exact) mass is 325 g/mol. The predicted molar refractivity (Wildman–Crippen MR) is 80.1 cm³/mol. The Morgan fingerprint density at radius 1 is 1.04 bits per heavy atom. The molecular formula is C15H19NO7. The summed E-state index contributed by atoms with van der Waals surface area (Å²) in [5.74, 6) is -2.43. The average molecular weight is 325 g/mol. The quantitative estimate of drug-likeness (QED) is 0.683. The highest BCUT2D eigenvalue weighted by atomic mass is 16.6. The first-order valence-corrected chi connectivity index (χ1v) is 6.80. The highest BCUT2D eigenvalue weighted by molar-refractivity contribution is 5.94. The Morgan fingerprint density at radius 2 is 1.57 bits per heavy atom. The number of carboxylic acids is 2. The first-order chi connectivity index (χ1) is 10.6. The second kappa shape index (κ2) is 7.48. The number of aromatic carboxylic acids is 2. The van der Waals surface area contributed by atoms with Crippen molar-refractivity contribution in [2.75, 3.05) is 13.2 Å². The van der Waals surface area contributed by atoms with Crippen LogP contribution in [0.5, 0.6) is 5.75 Å². The van der Waals surface area contributed by atoms with Crippen molar-refractivity contribution in [3.8, 4) is 5.75 Å². The van der Waals surface area contributed by atoms with Crippen molar-refractivity contribution < 1.29 is 34.1 Å². The molecular weight excluding hydrogens is 306 g/mol. The maximum absolute atomic E-state index is 11.4. The Kier molecular flexibility index (Phi) is 5.94. The van der Waals surface area contributed by atoms with E-state index in [4.69, 9.17) is 19.7 Å². The van der Waals surface area contributed by atoms with Gasteiger partial charge in [-0.25, -0.2) is 14.4 Å². The van der Waals surface area contributed by atoms with Crippen LogP contribution in [-0.4, -0.2) is 47.0 Å². The maximum Gasteiger partial charge on any atom is 0.407 e. The van der Waals surface area contributed by atoms with Gasteiger partial charge in [-0.15, -0.1) is 0 Å². The zero-order chi connectivity index (χ0) is 17.6. The van der Waals surface area contributed by atoms with E-state index in [-0.39, 0.29) is 30.0 Å². The van der Waals surface area contributed by atoms with Crippen LogP contribution in [0.15, 0.2) is 18.2 Å². The van der Waals surface area contributed by atoms with Crippen molar-refractivity contribution in [1.29, 1.82) is 0 Å². The first kappa shape index (κ1) is 18.3. The van der Waals surface area contributed by atoms with Crippen molar-refractivity contribution in [2.24, 2.45) is 0 Å². The number of benzene rings is 1. The molecule has 0 atom stereocenters. The molecule has 1 aromatic rings. The lowest BCUT2D eigenvalue weighted by atomic mass is 10.1. The Labute approximate surface area is 133 Å². The van der Waals surface area contributed by atoms with Gasteiger partial charge in [0.05, 0.1) is 17.7 Å². The van der Waals surface area contributed by atoms with E-state index >= 15 is 0 Å². The van der Waals surface area contributed by atoms with Crippen LogP contribution in [0, 0.1) is 0 Å². The standard InChI is InChI=1S/C15H19NO7/c1-15(2,3)23-14(21)16-4-5-22-11-7-9(12(17)18)6-10(8-11)13(19)20/h6-8H,4-5H2,1-3H3,(H,16,21)(H,17,18)(H,19,20). The number of amides is 1. The molecule has 8 nitrogen and oxygen atoms in total. The van der Waals surface area contributed by atoms with Gasteiger partial charge in [0, 0.05) is 0 Å². The van der Waals surface area contributed by atoms with E-state index in [0.29, 0.717) is 0 Å². The SMILES string of the molecule is CC(C)(C)OC(=O)NCCOc1cc(C(=O)O)cc(C(=O)O)c1. The summed E-state index contributed by atoms with van der Waals surface area (Å²) in [7, 11) is 0. The molecule has 1 rings (SSSR count). The van der Waals surface area contributed by atoms with Crippen LogP contribution in [0.4, 0.5) is 4.79 Å². The summed E-state index contributed by atoms with van der Waals surface area (Å²) >= 11 is 0. The number of carboxylic acid groups (broad SMARTS) is 2. The fourth-order valence-electron chi connectivity index (χ4n) is 1.57. The highest BCUT2D eigenvalue weighted by Crippen LogP contribution is 2.17. The lowest BCUT2D eigenvalue weighted by Gasteiger charge is -2.19. The van der Waals surface area contributed by atoms with Crippen LogP contribution < -0.4 is 10.1 Å². The van der Waals surface area contributed by atoms with Gasteiger partial charge in [-0.1, -0.05) is 0 Å². The van der Waals surface area contributed by atoms with Gasteiger partial charge in [-0.3, -0.25) is 0 Å². The average Bonchev–Trinajstić information content (AvgIpc) is 2.41. The second-order valence-corrected chi connectivity index (χ2v) is 5.63. The summed E-state index contributed by atoms with van der Waals surface area (Å²) in [6, 6.07) is 3.46. The predicted octanol–water partition coefficient (Wildman–Crippen LogP) is 1.99. The van der Waals surface area contributed by atoms with E-state index in [2.05, 4.69) is 5.32 Å². The van der Waals surface area contributed by atoms with Crippen LogP contribution in [0.1, 0.15) is 41.5 Å². The molecule has 8 heteroatoms. The Morgan fingerprint density at radius 3 is 2.00 bits per heavy atom. The van der Waals surface area contributed by atoms with E-state index in [9.17, 15) is 14.4 Å². The zero-order valence-corrected chi connectivity index (χ0v) is 13.1. The van der Waals surface area contributed by atoms with Gasteiger partial charge < -0.3 is 25.0 Å². The molecule has 0 heterocycles. The van der Waals surface area contributed by atoms with Gasteiger partial charge in [0.1, 0.15) is 18.0 Å². The van der Waals surface area contributed by atoms with E-state index in [0.717, 1.165) is 6.07 Å². The molecule has 0 aliphatic heterocycles. The number of rotatable bonds is 6. The summed E-state index contributed by atoms with van der Waals surface area (Å²) in [4.78, 5) is 33.3. The Balaban J connectivity index is 2.59. The lowest BCUT2D eigenvalue weighted by molar-refractivity contribution is 0.0519. The number of carbonyl (C=O) groups is 3. The van der Waals surface area contributed by atoms with E-state index in [1.165, 1.54) is 12.1 Å². The molecule has 126 valence electrons. The molecule has 0 aliphatic rings. The molecule has 0 radical (unpaired) electrons. The molecule has 0 saturated carbocycles. The number of hydrogen-bond donors (Lipinski definition) is 3. The van der Waals surface area contributed by atoms with Gasteiger partial charge in [0.2, 0.25) is 0 Å². The molecule has 0 spiro atoms. The number of nitrogens with one attached hydrogen (secondary N) is 1. The fourth-order valence-corrected chi connectivity index (χ4v) is 1.57. The smallest absolute Gasteiger partial charge is 0.407 e. The summed E-state index contributed by atoms with van der Waals surface area (Å²) in [6.45, 7) is 5.34. The topological polar surface area (TPSA) is 122 Å². The molecule has 23 heavy (non-hydrogen) atoms. The van der Waals surface area contributed by atoms with E-state index < -0.39 is 23.6 Å². The molecule has 0 aliphatic carbocycles. The van der Waals surface area contributed by atoms with E-state index in [1.807, 2.05) is 0 Å². The van der Waals surface area contributed by atoms with Crippen LogP contribution in [0.25, 0.3) is 0 Å². The Hall–Kier alpha value is -2.77. The third-order valence-electron chi connectivity index (χ3n) is 2.44. The highest BCUT2D eigenvalue weighted by Gasteiger charge is 2.16. The van der Waals surface area contributed by atoms with Gasteiger partial charge in [0.25, 0.3) is 0 Å². The largest absolute Gasteiger partial charge is 0.492 e. The number of ether oxygens (including phenoxy) is 2. The maximum atomic E-state index is 11.4. The third-order valence-corrected chi connectivity index (χ3v) is 2.44. The molecule has 1 amide bonds. The molecule has 1 aromatic carbocycles. The van der Waals surface area contributed by atoms with Gasteiger partial charge in [-0.05, 0) is 39.0 Å². The molecule has 0 saturated heterocycles. The van der Waals surface area contributed by atoms with Crippen LogP contribution in [0.2, 0.25) is 0 Å². The lowest BCUT2D eigenvalue weighted by Crippen LogP contribution is -2.34. The second-order valence-electron chi connectivity index (χ2n) is 5.63. The molecule has 0 fully saturated rings. The first-order valence-electron chi connectivity index (χ1n) is 6.80. The number of alkyl carbamates (subject to hydrolysis) is 1. The van der Waals surface area contributed by atoms with Crippen molar-refractivity contribution in [3.63, 3.8) is 0 Å². The van der Waals surface area contributed by atoms with E-state index in [1.54, 1.807) is 20.8 Å². The normalized spacial score (nSPS) is 10.7. The van der Waals surface area contributed by atoms with Crippen molar-refractivity contribution >= 4 is 18.0 Å². The Bertz CT molecular complexity index is 572. The summed E-state index contributed by atoms with van der Waals surface area (Å²) in [5, 5.41) is 20.4. The molecule has 0 bridgehead atoms. The third kappa shape index (κ3) is 6.68. The zero-order valence-electron chi connectivity index (χ0n) is 13.1. The number of hydrogen-bond acceptors (Lipinski definition) is 5. The van der Waals surface area contributed by atoms with Crippen LogP contribution >= 0.6 is 0 Å². The molecule has 0 aromatic heterocycles. The minimum atomic E-state index is -1.26. The van der Waals surface area contributed by atoms with Crippen molar-refractivity contribution in [2.45, 2.75) is 26.4 Å². The summed E-state index contributed by atoms with van der Waals surface area (Å²) < 4.78 is 10.3. The van der Waals surface area contributed by atoms with Gasteiger partial charge in [-0.2, -0.15) is 0 Å². The van der Waals surface area contributed by atoms with Gasteiger partial charge >= 0.3 is 18.0 Å². The minimum absolute atomic E-state index is 0.0291. The van der Waals surface area contributed by atoms with Gasteiger partial charge in [0.15, 0.2) is 0 Å². The number of carbonyl (C=O) groups excluding carboxylic acids is 1. The van der Waals surface area contributed by atoms with Crippen LogP contribution in [0.3, 0.4) is 0 Å².